The minimum atomic E-state index is -0.146. The van der Waals surface area contributed by atoms with Gasteiger partial charge in [-0.05, 0) is 32.2 Å². The Balaban J connectivity index is 0.00000120. The summed E-state index contributed by atoms with van der Waals surface area (Å²) in [4.78, 5) is 26.5. The molecule has 2 saturated heterocycles. The topological polar surface area (TPSA) is 78.7 Å². The molecule has 2 aromatic rings. The summed E-state index contributed by atoms with van der Waals surface area (Å²) >= 11 is 0. The predicted molar refractivity (Wildman–Crippen MR) is 116 cm³/mol. The van der Waals surface area contributed by atoms with E-state index in [9.17, 15) is 4.79 Å². The molecule has 8 nitrogen and oxygen atoms in total. The fourth-order valence-corrected chi connectivity index (χ4v) is 5.26. The highest BCUT2D eigenvalue weighted by Gasteiger charge is 2.51. The zero-order valence-electron chi connectivity index (χ0n) is 16.7. The Hall–Kier alpha value is -1.64. The number of aryl methyl sites for hydroxylation is 1. The summed E-state index contributed by atoms with van der Waals surface area (Å²) in [6, 6.07) is 2.05. The Bertz CT molecular complexity index is 867. The van der Waals surface area contributed by atoms with Crippen molar-refractivity contribution in [3.8, 4) is 0 Å². The molecule has 1 N–H and O–H groups in total. The molecule has 4 heterocycles. The van der Waals surface area contributed by atoms with Gasteiger partial charge in [0.1, 0.15) is 12.1 Å². The first-order valence-corrected chi connectivity index (χ1v) is 10.1. The van der Waals surface area contributed by atoms with Crippen LogP contribution in [0.2, 0.25) is 0 Å². The Labute approximate surface area is 183 Å². The van der Waals surface area contributed by atoms with Crippen molar-refractivity contribution in [1.29, 1.82) is 0 Å². The number of anilines is 1. The maximum Gasteiger partial charge on any atom is 0.254 e. The van der Waals surface area contributed by atoms with E-state index in [2.05, 4.69) is 36.2 Å². The van der Waals surface area contributed by atoms with Crippen LogP contribution in [0, 0.1) is 18.3 Å². The molecule has 2 aromatic heterocycles. The molecule has 2 aliphatic heterocycles. The monoisotopic (exact) mass is 441 g/mol. The van der Waals surface area contributed by atoms with Crippen LogP contribution in [0.15, 0.2) is 12.4 Å². The molecule has 0 spiro atoms. The second-order valence-electron chi connectivity index (χ2n) is 8.24. The van der Waals surface area contributed by atoms with E-state index >= 15 is 0 Å². The molecule has 1 aliphatic carbocycles. The number of fused-ring (bicyclic) bond motifs is 2. The SMILES string of the molecule is Cc1cc(N2CCN(C(=O)[C@@]34CCCC[C@H]3CNC4)CC2)n2ncnc2n1.Cl.Cl. The van der Waals surface area contributed by atoms with Crippen LogP contribution in [-0.4, -0.2) is 69.7 Å². The third-order valence-electron chi connectivity index (χ3n) is 6.72. The first-order chi connectivity index (χ1) is 13.2. The summed E-state index contributed by atoms with van der Waals surface area (Å²) in [7, 11) is 0. The molecule has 160 valence electrons. The lowest BCUT2D eigenvalue weighted by Gasteiger charge is -2.44. The van der Waals surface area contributed by atoms with E-state index in [0.29, 0.717) is 17.6 Å². The van der Waals surface area contributed by atoms with Crippen LogP contribution >= 0.6 is 24.8 Å². The lowest BCUT2D eigenvalue weighted by molar-refractivity contribution is -0.145. The summed E-state index contributed by atoms with van der Waals surface area (Å²) in [6.45, 7) is 7.02. The van der Waals surface area contributed by atoms with Gasteiger partial charge in [-0.15, -0.1) is 24.8 Å². The van der Waals surface area contributed by atoms with Crippen molar-refractivity contribution >= 4 is 42.3 Å². The van der Waals surface area contributed by atoms with E-state index in [0.717, 1.165) is 57.2 Å². The predicted octanol–water partition coefficient (Wildman–Crippen LogP) is 1.70. The van der Waals surface area contributed by atoms with Gasteiger partial charge in [0.05, 0.1) is 5.41 Å². The summed E-state index contributed by atoms with van der Waals surface area (Å²) in [5.41, 5.74) is 0.789. The van der Waals surface area contributed by atoms with Crippen molar-refractivity contribution in [3.63, 3.8) is 0 Å². The second kappa shape index (κ2) is 8.62. The molecule has 3 aliphatic rings. The highest BCUT2D eigenvalue weighted by molar-refractivity contribution is 5.86. The van der Waals surface area contributed by atoms with Crippen LogP contribution < -0.4 is 10.2 Å². The largest absolute Gasteiger partial charge is 0.353 e. The van der Waals surface area contributed by atoms with Crippen molar-refractivity contribution in [3.05, 3.63) is 18.1 Å². The number of amides is 1. The third-order valence-corrected chi connectivity index (χ3v) is 6.72. The summed E-state index contributed by atoms with van der Waals surface area (Å²) in [6.07, 6.45) is 6.24. The van der Waals surface area contributed by atoms with Crippen LogP contribution in [0.5, 0.6) is 0 Å². The highest BCUT2D eigenvalue weighted by atomic mass is 35.5. The van der Waals surface area contributed by atoms with Crippen molar-refractivity contribution < 1.29 is 4.79 Å². The first-order valence-electron chi connectivity index (χ1n) is 10.1. The van der Waals surface area contributed by atoms with Gasteiger partial charge >= 0.3 is 0 Å². The van der Waals surface area contributed by atoms with E-state index < -0.39 is 0 Å². The maximum absolute atomic E-state index is 13.5. The number of hydrogen-bond donors (Lipinski definition) is 1. The van der Waals surface area contributed by atoms with Gasteiger partial charge < -0.3 is 15.1 Å². The number of carbonyl (C=O) groups excluding carboxylic acids is 1. The number of nitrogens with zero attached hydrogens (tertiary/aromatic N) is 6. The van der Waals surface area contributed by atoms with Crippen LogP contribution in [0.1, 0.15) is 31.4 Å². The minimum absolute atomic E-state index is 0. The molecule has 3 fully saturated rings. The second-order valence-corrected chi connectivity index (χ2v) is 8.24. The maximum atomic E-state index is 13.5. The number of halogens is 2. The van der Waals surface area contributed by atoms with Gasteiger partial charge in [-0.2, -0.15) is 14.6 Å². The van der Waals surface area contributed by atoms with Gasteiger partial charge in [0.15, 0.2) is 0 Å². The number of rotatable bonds is 2. The smallest absolute Gasteiger partial charge is 0.254 e. The van der Waals surface area contributed by atoms with E-state index in [1.54, 1.807) is 10.8 Å². The molecule has 0 unspecified atom stereocenters. The van der Waals surface area contributed by atoms with E-state index in [-0.39, 0.29) is 30.2 Å². The van der Waals surface area contributed by atoms with Crippen LogP contribution in [-0.2, 0) is 4.79 Å². The van der Waals surface area contributed by atoms with Crippen molar-refractivity contribution in [2.75, 3.05) is 44.2 Å². The van der Waals surface area contributed by atoms with E-state index in [1.165, 1.54) is 19.3 Å². The lowest BCUT2D eigenvalue weighted by atomic mass is 9.67. The normalized spacial score (nSPS) is 26.6. The fraction of sp³-hybridized carbons (Fsp3) is 0.684. The highest BCUT2D eigenvalue weighted by Crippen LogP contribution is 2.45. The van der Waals surface area contributed by atoms with Crippen molar-refractivity contribution in [1.82, 2.24) is 29.8 Å². The fourth-order valence-electron chi connectivity index (χ4n) is 5.26. The van der Waals surface area contributed by atoms with Crippen LogP contribution in [0.3, 0.4) is 0 Å². The van der Waals surface area contributed by atoms with Crippen molar-refractivity contribution in [2.45, 2.75) is 32.6 Å². The Morgan fingerprint density at radius 2 is 2.00 bits per heavy atom. The van der Waals surface area contributed by atoms with Gasteiger partial charge in [-0.1, -0.05) is 12.8 Å². The van der Waals surface area contributed by atoms with Gasteiger partial charge in [-0.25, -0.2) is 4.98 Å². The van der Waals surface area contributed by atoms with Crippen molar-refractivity contribution in [2.24, 2.45) is 11.3 Å². The quantitative estimate of drug-likeness (QED) is 0.763. The van der Waals surface area contributed by atoms with Gasteiger partial charge in [0.2, 0.25) is 5.91 Å². The third kappa shape index (κ3) is 3.66. The zero-order chi connectivity index (χ0) is 18.4. The standard InChI is InChI=1S/C19H27N7O.2ClH/c1-14-10-16(26-18(23-14)21-13-22-26)24-6-8-25(9-7-24)17(27)19-5-3-2-4-15(19)11-20-12-19;;/h10,13,15,20H,2-9,11-12H2,1H3;2*1H/t15-,19+;;/m0../s1. The molecule has 0 radical (unpaired) electrons. The van der Waals surface area contributed by atoms with Crippen LogP contribution in [0.4, 0.5) is 5.82 Å². The molecule has 0 aromatic carbocycles. The minimum Gasteiger partial charge on any atom is -0.353 e. The molecule has 10 heteroatoms. The van der Waals surface area contributed by atoms with Gasteiger partial charge in [-0.3, -0.25) is 4.79 Å². The molecule has 1 saturated carbocycles. The molecular formula is C19H29Cl2N7O. The number of aromatic nitrogens is 4. The van der Waals surface area contributed by atoms with E-state index in [4.69, 9.17) is 0 Å². The Morgan fingerprint density at radius 1 is 1.21 bits per heavy atom. The molecule has 2 atom stereocenters. The average molecular weight is 442 g/mol. The summed E-state index contributed by atoms with van der Waals surface area (Å²) in [5.74, 6) is 2.55. The zero-order valence-corrected chi connectivity index (χ0v) is 18.3. The Kier molecular flexibility index (Phi) is 6.55. The van der Waals surface area contributed by atoms with Crippen LogP contribution in [0.25, 0.3) is 5.78 Å². The molecule has 1 amide bonds. The molecular weight excluding hydrogens is 413 g/mol. The average Bonchev–Trinajstić information content (AvgIpc) is 3.34. The van der Waals surface area contributed by atoms with Gasteiger partial charge in [0, 0.05) is 44.5 Å². The molecule has 0 bridgehead atoms. The lowest BCUT2D eigenvalue weighted by Crippen LogP contribution is -2.56. The van der Waals surface area contributed by atoms with Gasteiger partial charge in [0.25, 0.3) is 5.78 Å². The summed E-state index contributed by atoms with van der Waals surface area (Å²) < 4.78 is 1.79. The number of hydrogen-bond acceptors (Lipinski definition) is 6. The number of carbonyl (C=O) groups is 1. The molecule has 29 heavy (non-hydrogen) atoms. The van der Waals surface area contributed by atoms with E-state index in [1.807, 2.05) is 6.92 Å². The molecule has 5 rings (SSSR count). The first kappa shape index (κ1) is 22.1. The number of nitrogens with one attached hydrogen (secondary N) is 1. The Morgan fingerprint density at radius 3 is 2.79 bits per heavy atom. The number of piperazine rings is 1. The summed E-state index contributed by atoms with van der Waals surface area (Å²) in [5, 5.41) is 7.82.